The number of aliphatic hydroxyl groups excluding tert-OH is 1. The summed E-state index contributed by atoms with van der Waals surface area (Å²) < 4.78 is 14.0. The van der Waals surface area contributed by atoms with Gasteiger partial charge in [0.15, 0.2) is 0 Å². The fourth-order valence-corrected chi connectivity index (χ4v) is 2.49. The summed E-state index contributed by atoms with van der Waals surface area (Å²) in [4.78, 5) is 0.825. The van der Waals surface area contributed by atoms with Gasteiger partial charge in [0.05, 0.1) is 5.02 Å². The second-order valence-corrected chi connectivity index (χ2v) is 5.11. The van der Waals surface area contributed by atoms with Crippen LogP contribution < -0.4 is 0 Å². The van der Waals surface area contributed by atoms with E-state index in [9.17, 15) is 9.50 Å². The molecule has 0 aliphatic heterocycles. The Labute approximate surface area is 115 Å². The summed E-state index contributed by atoms with van der Waals surface area (Å²) in [5, 5.41) is 10.2. The van der Waals surface area contributed by atoms with Gasteiger partial charge in [-0.1, -0.05) is 41.9 Å². The van der Waals surface area contributed by atoms with Crippen molar-refractivity contribution in [2.45, 2.75) is 11.0 Å². The standard InChI is InChI=1S/C14H12ClFOS/c1-18-10-7-11(13(16)12(15)8-10)14(17)9-5-3-2-4-6-9/h2-8,14,17H,1H3. The fraction of sp³-hybridized carbons (Fsp3) is 0.143. The van der Waals surface area contributed by atoms with Crippen LogP contribution in [0, 0.1) is 5.82 Å². The highest BCUT2D eigenvalue weighted by Crippen LogP contribution is 2.32. The van der Waals surface area contributed by atoms with Crippen LogP contribution in [-0.2, 0) is 0 Å². The number of hydrogen-bond donors (Lipinski definition) is 1. The van der Waals surface area contributed by atoms with Crippen molar-refractivity contribution < 1.29 is 9.50 Å². The summed E-state index contributed by atoms with van der Waals surface area (Å²) >= 11 is 7.29. The Balaban J connectivity index is 2.47. The van der Waals surface area contributed by atoms with Gasteiger partial charge in [0, 0.05) is 10.5 Å². The minimum atomic E-state index is -1.00. The van der Waals surface area contributed by atoms with Crippen LogP contribution in [0.5, 0.6) is 0 Å². The van der Waals surface area contributed by atoms with Crippen LogP contribution in [0.15, 0.2) is 47.4 Å². The smallest absolute Gasteiger partial charge is 0.148 e. The first-order chi connectivity index (χ1) is 8.63. The van der Waals surface area contributed by atoms with Crippen molar-refractivity contribution in [3.8, 4) is 0 Å². The lowest BCUT2D eigenvalue weighted by atomic mass is 10.0. The van der Waals surface area contributed by atoms with E-state index in [4.69, 9.17) is 11.6 Å². The molecule has 0 spiro atoms. The highest BCUT2D eigenvalue weighted by molar-refractivity contribution is 7.98. The average molecular weight is 283 g/mol. The number of thioether (sulfide) groups is 1. The second-order valence-electron chi connectivity index (χ2n) is 3.83. The molecule has 1 unspecified atom stereocenters. The number of halogens is 2. The van der Waals surface area contributed by atoms with Crippen LogP contribution in [0.3, 0.4) is 0 Å². The summed E-state index contributed by atoms with van der Waals surface area (Å²) in [6.07, 6.45) is 0.873. The van der Waals surface area contributed by atoms with Gasteiger partial charge in [0.1, 0.15) is 11.9 Å². The van der Waals surface area contributed by atoms with Crippen LogP contribution in [0.2, 0.25) is 5.02 Å². The predicted molar refractivity (Wildman–Crippen MR) is 73.7 cm³/mol. The minimum Gasteiger partial charge on any atom is -0.384 e. The Morgan fingerprint density at radius 2 is 1.89 bits per heavy atom. The van der Waals surface area contributed by atoms with Gasteiger partial charge in [-0.2, -0.15) is 0 Å². The molecule has 0 aliphatic rings. The lowest BCUT2D eigenvalue weighted by Crippen LogP contribution is -2.03. The molecule has 2 aromatic carbocycles. The predicted octanol–water partition coefficient (Wildman–Crippen LogP) is 4.28. The number of hydrogen-bond acceptors (Lipinski definition) is 2. The van der Waals surface area contributed by atoms with Crippen molar-refractivity contribution in [3.05, 3.63) is 64.4 Å². The third kappa shape index (κ3) is 2.69. The monoisotopic (exact) mass is 282 g/mol. The fourth-order valence-electron chi connectivity index (χ4n) is 1.72. The SMILES string of the molecule is CSc1cc(Cl)c(F)c(C(O)c2ccccc2)c1. The maximum atomic E-state index is 14.0. The molecule has 0 heterocycles. The van der Waals surface area contributed by atoms with Gasteiger partial charge >= 0.3 is 0 Å². The molecule has 0 fully saturated rings. The zero-order valence-electron chi connectivity index (χ0n) is 9.73. The molecule has 0 saturated heterocycles. The molecule has 18 heavy (non-hydrogen) atoms. The number of benzene rings is 2. The summed E-state index contributed by atoms with van der Waals surface area (Å²) in [7, 11) is 0. The van der Waals surface area contributed by atoms with E-state index < -0.39 is 11.9 Å². The van der Waals surface area contributed by atoms with E-state index in [1.54, 1.807) is 36.4 Å². The third-order valence-corrected chi connectivity index (χ3v) is 3.66. The topological polar surface area (TPSA) is 20.2 Å². The van der Waals surface area contributed by atoms with Crippen LogP contribution in [0.1, 0.15) is 17.2 Å². The van der Waals surface area contributed by atoms with Gasteiger partial charge in [0.25, 0.3) is 0 Å². The van der Waals surface area contributed by atoms with Crippen molar-refractivity contribution in [3.63, 3.8) is 0 Å². The molecular weight excluding hydrogens is 271 g/mol. The molecule has 2 aromatic rings. The molecule has 4 heteroatoms. The van der Waals surface area contributed by atoms with E-state index >= 15 is 0 Å². The minimum absolute atomic E-state index is 0.0341. The van der Waals surface area contributed by atoms with E-state index in [0.717, 1.165) is 4.90 Å². The Bertz CT molecular complexity index is 545. The average Bonchev–Trinajstić information content (AvgIpc) is 2.42. The van der Waals surface area contributed by atoms with Crippen LogP contribution >= 0.6 is 23.4 Å². The molecule has 2 rings (SSSR count). The van der Waals surface area contributed by atoms with Crippen LogP contribution in [0.4, 0.5) is 4.39 Å². The van der Waals surface area contributed by atoms with Gasteiger partial charge in [-0.15, -0.1) is 11.8 Å². The second kappa shape index (κ2) is 5.74. The quantitative estimate of drug-likeness (QED) is 0.848. The first-order valence-corrected chi connectivity index (χ1v) is 6.99. The lowest BCUT2D eigenvalue weighted by Gasteiger charge is -2.14. The zero-order chi connectivity index (χ0) is 13.1. The van der Waals surface area contributed by atoms with Crippen molar-refractivity contribution in [1.29, 1.82) is 0 Å². The van der Waals surface area contributed by atoms with E-state index in [1.807, 2.05) is 12.3 Å². The van der Waals surface area contributed by atoms with Gasteiger partial charge < -0.3 is 5.11 Å². The van der Waals surface area contributed by atoms with Crippen molar-refractivity contribution in [2.75, 3.05) is 6.26 Å². The molecule has 0 amide bonds. The van der Waals surface area contributed by atoms with Crippen molar-refractivity contribution >= 4 is 23.4 Å². The largest absolute Gasteiger partial charge is 0.384 e. The summed E-state index contributed by atoms with van der Waals surface area (Å²) in [6.45, 7) is 0. The molecule has 0 bridgehead atoms. The number of aliphatic hydroxyl groups is 1. The Morgan fingerprint density at radius 1 is 1.22 bits per heavy atom. The van der Waals surface area contributed by atoms with Gasteiger partial charge in [-0.25, -0.2) is 4.39 Å². The van der Waals surface area contributed by atoms with Gasteiger partial charge in [-0.05, 0) is 24.0 Å². The molecule has 94 valence electrons. The zero-order valence-corrected chi connectivity index (χ0v) is 11.3. The van der Waals surface area contributed by atoms with E-state index in [0.29, 0.717) is 5.56 Å². The maximum Gasteiger partial charge on any atom is 0.148 e. The molecule has 1 atom stereocenters. The highest BCUT2D eigenvalue weighted by Gasteiger charge is 2.18. The van der Waals surface area contributed by atoms with Gasteiger partial charge in [0.2, 0.25) is 0 Å². The Kier molecular flexibility index (Phi) is 4.27. The van der Waals surface area contributed by atoms with Crippen molar-refractivity contribution in [2.24, 2.45) is 0 Å². The summed E-state index contributed by atoms with van der Waals surface area (Å²) in [5.74, 6) is -0.564. The van der Waals surface area contributed by atoms with Crippen LogP contribution in [0.25, 0.3) is 0 Å². The highest BCUT2D eigenvalue weighted by atomic mass is 35.5. The summed E-state index contributed by atoms with van der Waals surface area (Å²) in [5.41, 5.74) is 0.851. The normalized spacial score (nSPS) is 12.4. The third-order valence-electron chi connectivity index (χ3n) is 2.68. The first-order valence-electron chi connectivity index (χ1n) is 5.39. The summed E-state index contributed by atoms with van der Waals surface area (Å²) in [6, 6.07) is 12.1. The molecule has 1 nitrogen and oxygen atoms in total. The maximum absolute atomic E-state index is 14.0. The molecule has 0 aliphatic carbocycles. The number of rotatable bonds is 3. The molecular formula is C14H12ClFOS. The van der Waals surface area contributed by atoms with E-state index in [-0.39, 0.29) is 10.6 Å². The van der Waals surface area contributed by atoms with Crippen LogP contribution in [-0.4, -0.2) is 11.4 Å². The Hall–Kier alpha value is -1.03. The molecule has 0 radical (unpaired) electrons. The Morgan fingerprint density at radius 3 is 2.50 bits per heavy atom. The van der Waals surface area contributed by atoms with Gasteiger partial charge in [-0.3, -0.25) is 0 Å². The molecule has 0 aromatic heterocycles. The van der Waals surface area contributed by atoms with Crippen molar-refractivity contribution in [1.82, 2.24) is 0 Å². The lowest BCUT2D eigenvalue weighted by molar-refractivity contribution is 0.214. The van der Waals surface area contributed by atoms with E-state index in [1.165, 1.54) is 11.8 Å². The molecule has 0 saturated carbocycles. The first kappa shape index (κ1) is 13.4. The van der Waals surface area contributed by atoms with E-state index in [2.05, 4.69) is 0 Å². The molecule has 1 N–H and O–H groups in total.